The van der Waals surface area contributed by atoms with Crippen LogP contribution < -0.4 is 4.74 Å². The van der Waals surface area contributed by atoms with Gasteiger partial charge in [0.05, 0.1) is 5.56 Å². The van der Waals surface area contributed by atoms with Crippen molar-refractivity contribution in [3.63, 3.8) is 0 Å². The molecule has 0 spiro atoms. The molecule has 222 valence electrons. The van der Waals surface area contributed by atoms with Gasteiger partial charge in [0.2, 0.25) is 0 Å². The summed E-state index contributed by atoms with van der Waals surface area (Å²) in [7, 11) is 0. The van der Waals surface area contributed by atoms with Gasteiger partial charge in [0.1, 0.15) is 11.9 Å². The molecule has 0 aliphatic heterocycles. The number of hydrogen-bond acceptors (Lipinski definition) is 4. The number of benzene rings is 1. The molecule has 0 saturated heterocycles. The van der Waals surface area contributed by atoms with E-state index in [1.165, 1.54) is 31.2 Å². The quantitative estimate of drug-likeness (QED) is 0.220. The minimum absolute atomic E-state index is 0.205. The predicted octanol–water partition coefficient (Wildman–Crippen LogP) is 1.97. The molecule has 1 aromatic carbocycles. The fourth-order valence-electron chi connectivity index (χ4n) is 2.01. The molecule has 0 atom stereocenters. The summed E-state index contributed by atoms with van der Waals surface area (Å²) in [6, 6.07) is 5.73. The van der Waals surface area contributed by atoms with Gasteiger partial charge in [-0.05, 0) is 78.6 Å². The first-order valence-corrected chi connectivity index (χ1v) is 13.2. The van der Waals surface area contributed by atoms with E-state index >= 15 is 0 Å². The Bertz CT molecular complexity index is 2790. The van der Waals surface area contributed by atoms with Crippen LogP contribution in [0.5, 0.6) is 5.75 Å². The molecule has 1 rings (SSSR count). The maximum absolute atomic E-state index is 12.0. The van der Waals surface area contributed by atoms with E-state index in [1.807, 2.05) is 0 Å². The lowest BCUT2D eigenvalue weighted by Gasteiger charge is -2.04. The van der Waals surface area contributed by atoms with Crippen molar-refractivity contribution in [2.75, 3.05) is 0 Å². The summed E-state index contributed by atoms with van der Waals surface area (Å²) in [4.78, 5) is 23.5. The highest BCUT2D eigenvalue weighted by molar-refractivity contribution is 5.91. The molecule has 4 nitrogen and oxygen atoms in total. The van der Waals surface area contributed by atoms with Crippen molar-refractivity contribution in [3.8, 4) is 220 Å². The Hall–Kier alpha value is -10.0. The largest absolute Gasteiger partial charge is 0.423 e. The molecule has 0 aliphatic rings. The van der Waals surface area contributed by atoms with E-state index in [9.17, 15) is 9.59 Å². The molecule has 0 radical (unpaired) electrons. The minimum atomic E-state index is -0.704. The van der Waals surface area contributed by atoms with Gasteiger partial charge in [0.15, 0.2) is 0 Å². The van der Waals surface area contributed by atoms with Gasteiger partial charge in [0, 0.05) is 160 Å². The Morgan fingerprint density at radius 1 is 0.471 bits per heavy atom. The third-order valence-electron chi connectivity index (χ3n) is 3.92. The molecule has 0 aromatic heterocycles. The summed E-state index contributed by atoms with van der Waals surface area (Å²) in [6.45, 7) is 5.01. The third-order valence-corrected chi connectivity index (χ3v) is 3.92. The molecule has 0 aliphatic carbocycles. The predicted molar refractivity (Wildman–Crippen MR) is 193 cm³/mol. The first-order chi connectivity index (χ1) is 25.0. The number of terminal acetylenes is 1. The number of carbonyl (C=O) groups is 2. The van der Waals surface area contributed by atoms with Gasteiger partial charge in [-0.1, -0.05) is 6.58 Å². The summed E-state index contributed by atoms with van der Waals surface area (Å²) in [5.74, 6) is 82.3. The Labute approximate surface area is 298 Å². The SMILES string of the molecule is C#CC#CC#CC#CC#CC#CC#CC#CC#CC#CC#CC#CC#CC#CC#CC#CC#CC#COC(=O)c1ccc(OC(=O)C(=C)C)cc1. The summed E-state index contributed by atoms with van der Waals surface area (Å²) in [5, 5.41) is 0. The van der Waals surface area contributed by atoms with Crippen LogP contribution >= 0.6 is 0 Å². The fourth-order valence-corrected chi connectivity index (χ4v) is 2.01. The third kappa shape index (κ3) is 24.0. The highest BCUT2D eigenvalue weighted by Gasteiger charge is 2.08. The summed E-state index contributed by atoms with van der Waals surface area (Å²) in [6.07, 6.45) is 7.09. The van der Waals surface area contributed by atoms with Crippen molar-refractivity contribution in [1.29, 1.82) is 0 Å². The molecule has 0 saturated carbocycles. The van der Waals surface area contributed by atoms with Crippen LogP contribution in [0.4, 0.5) is 0 Å². The minimum Gasteiger partial charge on any atom is -0.423 e. The average Bonchev–Trinajstić information content (AvgIpc) is 3.13. The first kappa shape index (κ1) is 39.0. The number of ether oxygens (including phenoxy) is 2. The molecule has 0 amide bonds. The number of esters is 2. The van der Waals surface area contributed by atoms with Crippen LogP contribution in [0.3, 0.4) is 0 Å². The smallest absolute Gasteiger partial charge is 0.352 e. The van der Waals surface area contributed by atoms with Gasteiger partial charge < -0.3 is 9.47 Å². The molecule has 0 heterocycles. The molecular formula is C47H10O4. The number of carbonyl (C=O) groups excluding carboxylic acids is 2. The zero-order valence-electron chi connectivity index (χ0n) is 26.2. The van der Waals surface area contributed by atoms with Crippen molar-refractivity contribution < 1.29 is 19.1 Å². The van der Waals surface area contributed by atoms with E-state index < -0.39 is 11.9 Å². The van der Waals surface area contributed by atoms with Crippen LogP contribution in [-0.2, 0) is 9.53 Å². The molecular weight excluding hydrogens is 629 g/mol. The van der Waals surface area contributed by atoms with Crippen LogP contribution in [0.2, 0.25) is 0 Å². The van der Waals surface area contributed by atoms with Crippen LogP contribution in [0.15, 0.2) is 36.4 Å². The van der Waals surface area contributed by atoms with E-state index in [2.05, 4.69) is 214 Å². The molecule has 0 N–H and O–H groups in total. The lowest BCUT2D eigenvalue weighted by Crippen LogP contribution is -2.08. The molecule has 0 unspecified atom stereocenters. The highest BCUT2D eigenvalue weighted by Crippen LogP contribution is 2.14. The zero-order valence-corrected chi connectivity index (χ0v) is 26.2. The lowest BCUT2D eigenvalue weighted by atomic mass is 10.2. The maximum Gasteiger partial charge on any atom is 0.352 e. The van der Waals surface area contributed by atoms with Gasteiger partial charge in [0.25, 0.3) is 0 Å². The topological polar surface area (TPSA) is 52.6 Å². The summed E-state index contributed by atoms with van der Waals surface area (Å²) < 4.78 is 9.82. The van der Waals surface area contributed by atoms with E-state index in [0.717, 1.165) is 0 Å². The van der Waals surface area contributed by atoms with Crippen molar-refractivity contribution >= 4 is 11.9 Å². The Kier molecular flexibility index (Phi) is 22.0. The van der Waals surface area contributed by atoms with E-state index in [1.54, 1.807) is 0 Å². The van der Waals surface area contributed by atoms with E-state index in [-0.39, 0.29) is 16.9 Å². The van der Waals surface area contributed by atoms with Crippen molar-refractivity contribution in [1.82, 2.24) is 0 Å². The molecule has 4 heteroatoms. The van der Waals surface area contributed by atoms with Crippen LogP contribution in [0.1, 0.15) is 17.3 Å². The number of rotatable bonds is 3. The maximum atomic E-state index is 12.0. The van der Waals surface area contributed by atoms with Crippen molar-refractivity contribution in [2.45, 2.75) is 6.92 Å². The first-order valence-electron chi connectivity index (χ1n) is 13.2. The van der Waals surface area contributed by atoms with E-state index in [0.29, 0.717) is 0 Å². The Morgan fingerprint density at radius 2 is 0.745 bits per heavy atom. The summed E-state index contributed by atoms with van der Waals surface area (Å²) in [5.41, 5.74) is 0.455. The van der Waals surface area contributed by atoms with Gasteiger partial charge in [-0.2, -0.15) is 0 Å². The van der Waals surface area contributed by atoms with Gasteiger partial charge >= 0.3 is 11.9 Å². The standard InChI is InChI=1S/C47H10O4/c1-4-5-6-7-8-9-10-11-12-13-14-15-16-17-18-19-20-21-22-23-24-25-26-27-28-29-30-31-32-33-34-35-36-37-42-50-47(49)44-38-40-45(41-39-44)51-46(48)43(2)3/h1,38-41H,2H2,3H3. The molecule has 0 fully saturated rings. The van der Waals surface area contributed by atoms with E-state index in [4.69, 9.17) is 15.9 Å². The molecule has 51 heavy (non-hydrogen) atoms. The lowest BCUT2D eigenvalue weighted by molar-refractivity contribution is -0.130. The Morgan fingerprint density at radius 3 is 1.02 bits per heavy atom. The van der Waals surface area contributed by atoms with Gasteiger partial charge in [-0.15, -0.1) is 6.42 Å². The normalized spacial score (nSPS) is 5.65. The monoisotopic (exact) mass is 638 g/mol. The second-order valence-corrected chi connectivity index (χ2v) is 7.46. The van der Waals surface area contributed by atoms with Crippen molar-refractivity contribution in [2.24, 2.45) is 0 Å². The van der Waals surface area contributed by atoms with Crippen LogP contribution in [0.25, 0.3) is 0 Å². The molecule has 1 aromatic rings. The van der Waals surface area contributed by atoms with Crippen molar-refractivity contribution in [3.05, 3.63) is 42.0 Å². The van der Waals surface area contributed by atoms with Crippen LogP contribution in [-0.4, -0.2) is 11.9 Å². The highest BCUT2D eigenvalue weighted by atomic mass is 16.5. The average molecular weight is 639 g/mol. The summed E-state index contributed by atoms with van der Waals surface area (Å²) >= 11 is 0. The molecule has 0 bridgehead atoms. The second-order valence-electron chi connectivity index (χ2n) is 7.46. The second kappa shape index (κ2) is 28.7. The van der Waals surface area contributed by atoms with Crippen LogP contribution in [0, 0.1) is 214 Å². The van der Waals surface area contributed by atoms with Gasteiger partial charge in [-0.25, -0.2) is 9.59 Å². The van der Waals surface area contributed by atoms with Gasteiger partial charge in [-0.3, -0.25) is 0 Å². The Balaban J connectivity index is 2.41. The zero-order chi connectivity index (χ0) is 36.9. The fraction of sp³-hybridized carbons (Fsp3) is 0.0213. The number of hydrogen-bond donors (Lipinski definition) is 0.